The van der Waals surface area contributed by atoms with Gasteiger partial charge in [-0.25, -0.2) is 0 Å². The van der Waals surface area contributed by atoms with Crippen molar-refractivity contribution in [3.63, 3.8) is 0 Å². The van der Waals surface area contributed by atoms with Crippen molar-refractivity contribution in [3.05, 3.63) is 52.8 Å². The molecule has 1 aromatic heterocycles. The summed E-state index contributed by atoms with van der Waals surface area (Å²) >= 11 is 6.12. The molecule has 0 radical (unpaired) electrons. The normalized spacial score (nSPS) is 12.0. The molecule has 0 saturated carbocycles. The molecule has 0 bridgehead atoms. The average Bonchev–Trinajstić information content (AvgIpc) is 2.46. The Labute approximate surface area is 117 Å². The second-order valence-electron chi connectivity index (χ2n) is 3.98. The molecule has 0 aliphatic heterocycles. The van der Waals surface area contributed by atoms with Crippen LogP contribution in [0.25, 0.3) is 0 Å². The number of pyridine rings is 1. The summed E-state index contributed by atoms with van der Waals surface area (Å²) in [5, 5.41) is 0.528. The highest BCUT2D eigenvalue weighted by Crippen LogP contribution is 2.33. The summed E-state index contributed by atoms with van der Waals surface area (Å²) in [4.78, 5) is 3.95. The molecule has 4 nitrogen and oxygen atoms in total. The number of halogens is 1. The van der Waals surface area contributed by atoms with Crippen molar-refractivity contribution in [2.75, 3.05) is 14.2 Å². The van der Waals surface area contributed by atoms with Gasteiger partial charge in [-0.3, -0.25) is 4.98 Å². The molecule has 0 aliphatic rings. The first-order valence-electron chi connectivity index (χ1n) is 5.74. The van der Waals surface area contributed by atoms with Gasteiger partial charge in [-0.2, -0.15) is 0 Å². The van der Waals surface area contributed by atoms with E-state index in [-0.39, 0.29) is 0 Å². The van der Waals surface area contributed by atoms with Crippen molar-refractivity contribution >= 4 is 11.6 Å². The van der Waals surface area contributed by atoms with Gasteiger partial charge >= 0.3 is 0 Å². The molecule has 1 atom stereocenters. The largest absolute Gasteiger partial charge is 0.497 e. The highest BCUT2D eigenvalue weighted by atomic mass is 35.5. The second kappa shape index (κ2) is 5.91. The molecular formula is C14H15ClN2O2. The van der Waals surface area contributed by atoms with E-state index in [1.807, 2.05) is 18.2 Å². The predicted octanol–water partition coefficient (Wildman–Crippen LogP) is 2.80. The SMILES string of the molecule is COc1ccc(OC)c(C(N)c2ccncc2Cl)c1. The van der Waals surface area contributed by atoms with Crippen LogP contribution in [0.15, 0.2) is 36.7 Å². The number of nitrogens with two attached hydrogens (primary N) is 1. The van der Waals surface area contributed by atoms with Crippen molar-refractivity contribution in [2.45, 2.75) is 6.04 Å². The van der Waals surface area contributed by atoms with Crippen LogP contribution in [0.5, 0.6) is 11.5 Å². The molecular weight excluding hydrogens is 264 g/mol. The van der Waals surface area contributed by atoms with Crippen LogP contribution in [0, 0.1) is 0 Å². The second-order valence-corrected chi connectivity index (χ2v) is 4.39. The molecule has 100 valence electrons. The lowest BCUT2D eigenvalue weighted by Gasteiger charge is -2.18. The van der Waals surface area contributed by atoms with Crippen LogP contribution in [0.1, 0.15) is 17.2 Å². The maximum atomic E-state index is 6.27. The molecule has 2 rings (SSSR count). The standard InChI is InChI=1S/C14H15ClN2O2/c1-18-9-3-4-13(19-2)11(7-9)14(16)10-5-6-17-8-12(10)15/h3-8,14H,16H2,1-2H3. The van der Waals surface area contributed by atoms with Crippen molar-refractivity contribution in [3.8, 4) is 11.5 Å². The Kier molecular flexibility index (Phi) is 4.24. The lowest BCUT2D eigenvalue weighted by Crippen LogP contribution is -2.14. The number of nitrogens with zero attached hydrogens (tertiary/aromatic N) is 1. The van der Waals surface area contributed by atoms with Gasteiger partial charge in [0.05, 0.1) is 25.3 Å². The van der Waals surface area contributed by atoms with Gasteiger partial charge < -0.3 is 15.2 Å². The van der Waals surface area contributed by atoms with Crippen molar-refractivity contribution in [2.24, 2.45) is 5.73 Å². The summed E-state index contributed by atoms with van der Waals surface area (Å²) in [6.45, 7) is 0. The lowest BCUT2D eigenvalue weighted by atomic mass is 9.99. The van der Waals surface area contributed by atoms with E-state index >= 15 is 0 Å². The van der Waals surface area contributed by atoms with Crippen molar-refractivity contribution in [1.82, 2.24) is 4.98 Å². The quantitative estimate of drug-likeness (QED) is 0.934. The van der Waals surface area contributed by atoms with E-state index in [9.17, 15) is 0 Å². The third kappa shape index (κ3) is 2.80. The van der Waals surface area contributed by atoms with E-state index < -0.39 is 6.04 Å². The molecule has 0 fully saturated rings. The van der Waals surface area contributed by atoms with Gasteiger partial charge in [0, 0.05) is 18.0 Å². The lowest BCUT2D eigenvalue weighted by molar-refractivity contribution is 0.397. The first kappa shape index (κ1) is 13.6. The van der Waals surface area contributed by atoms with Gasteiger partial charge in [0.2, 0.25) is 0 Å². The van der Waals surface area contributed by atoms with E-state index in [4.69, 9.17) is 26.8 Å². The Morgan fingerprint density at radius 1 is 1.16 bits per heavy atom. The Morgan fingerprint density at radius 3 is 2.58 bits per heavy atom. The summed E-state index contributed by atoms with van der Waals surface area (Å²) in [7, 11) is 3.21. The van der Waals surface area contributed by atoms with Crippen LogP contribution in [-0.2, 0) is 0 Å². The van der Waals surface area contributed by atoms with Gasteiger partial charge in [-0.05, 0) is 29.8 Å². The minimum atomic E-state index is -0.402. The van der Waals surface area contributed by atoms with Gasteiger partial charge in [-0.1, -0.05) is 11.6 Å². The zero-order valence-electron chi connectivity index (χ0n) is 10.8. The molecule has 0 spiro atoms. The molecule has 1 unspecified atom stereocenters. The van der Waals surface area contributed by atoms with E-state index in [2.05, 4.69) is 4.98 Å². The summed E-state index contributed by atoms with van der Waals surface area (Å²) in [6.07, 6.45) is 3.23. The average molecular weight is 279 g/mol. The van der Waals surface area contributed by atoms with Crippen LogP contribution in [0.2, 0.25) is 5.02 Å². The number of benzene rings is 1. The molecule has 1 aromatic carbocycles. The number of methoxy groups -OCH3 is 2. The van der Waals surface area contributed by atoms with E-state index in [1.54, 1.807) is 32.7 Å². The molecule has 1 heterocycles. The molecule has 2 N–H and O–H groups in total. The maximum Gasteiger partial charge on any atom is 0.124 e. The number of hydrogen-bond donors (Lipinski definition) is 1. The smallest absolute Gasteiger partial charge is 0.124 e. The van der Waals surface area contributed by atoms with Gasteiger partial charge in [0.1, 0.15) is 11.5 Å². The van der Waals surface area contributed by atoms with Crippen LogP contribution in [0.3, 0.4) is 0 Å². The van der Waals surface area contributed by atoms with Crippen molar-refractivity contribution in [1.29, 1.82) is 0 Å². The zero-order chi connectivity index (χ0) is 13.8. The summed E-state index contributed by atoms with van der Waals surface area (Å²) in [5.74, 6) is 1.41. The Bertz CT molecular complexity index is 575. The van der Waals surface area contributed by atoms with Crippen LogP contribution >= 0.6 is 11.6 Å². The van der Waals surface area contributed by atoms with Gasteiger partial charge in [0.25, 0.3) is 0 Å². The number of rotatable bonds is 4. The molecule has 0 amide bonds. The number of aromatic nitrogens is 1. The molecule has 2 aromatic rings. The predicted molar refractivity (Wildman–Crippen MR) is 74.8 cm³/mol. The monoisotopic (exact) mass is 278 g/mol. The molecule has 19 heavy (non-hydrogen) atoms. The van der Waals surface area contributed by atoms with Crippen molar-refractivity contribution < 1.29 is 9.47 Å². The summed E-state index contributed by atoms with van der Waals surface area (Å²) in [5.41, 5.74) is 7.88. The van der Waals surface area contributed by atoms with E-state index in [0.29, 0.717) is 10.8 Å². The van der Waals surface area contributed by atoms with E-state index in [1.165, 1.54) is 0 Å². The number of ether oxygens (including phenoxy) is 2. The van der Waals surface area contributed by atoms with Crippen LogP contribution in [0.4, 0.5) is 0 Å². The maximum absolute atomic E-state index is 6.27. The first-order valence-corrected chi connectivity index (χ1v) is 6.12. The van der Waals surface area contributed by atoms with E-state index in [0.717, 1.165) is 16.9 Å². The molecule has 5 heteroatoms. The topological polar surface area (TPSA) is 57.4 Å². The third-order valence-electron chi connectivity index (χ3n) is 2.91. The molecule has 0 aliphatic carbocycles. The fourth-order valence-electron chi connectivity index (χ4n) is 1.89. The highest BCUT2D eigenvalue weighted by Gasteiger charge is 2.17. The first-order chi connectivity index (χ1) is 9.17. The third-order valence-corrected chi connectivity index (χ3v) is 3.23. The zero-order valence-corrected chi connectivity index (χ0v) is 11.5. The minimum absolute atomic E-state index is 0.402. The fourth-order valence-corrected chi connectivity index (χ4v) is 2.13. The number of hydrogen-bond acceptors (Lipinski definition) is 4. The fraction of sp³-hybridized carbons (Fsp3) is 0.214. The van der Waals surface area contributed by atoms with Crippen LogP contribution < -0.4 is 15.2 Å². The van der Waals surface area contributed by atoms with Gasteiger partial charge in [-0.15, -0.1) is 0 Å². The summed E-state index contributed by atoms with van der Waals surface area (Å²) < 4.78 is 10.5. The van der Waals surface area contributed by atoms with Crippen LogP contribution in [-0.4, -0.2) is 19.2 Å². The molecule has 0 saturated heterocycles. The minimum Gasteiger partial charge on any atom is -0.497 e. The highest BCUT2D eigenvalue weighted by molar-refractivity contribution is 6.31. The Hall–Kier alpha value is -1.78. The van der Waals surface area contributed by atoms with Gasteiger partial charge in [0.15, 0.2) is 0 Å². The Balaban J connectivity index is 2.48. The summed E-state index contributed by atoms with van der Waals surface area (Å²) in [6, 6.07) is 6.89. The Morgan fingerprint density at radius 2 is 1.95 bits per heavy atom.